The molecule has 0 unspecified atom stereocenters. The molecule has 0 radical (unpaired) electrons. The Balaban J connectivity index is 1.71. The molecule has 0 saturated carbocycles. The third-order valence-corrected chi connectivity index (χ3v) is 4.13. The summed E-state index contributed by atoms with van der Waals surface area (Å²) in [6, 6.07) is 11.2. The van der Waals surface area contributed by atoms with Gasteiger partial charge in [-0.3, -0.25) is 4.79 Å². The Morgan fingerprint density at radius 1 is 1.18 bits per heavy atom. The van der Waals surface area contributed by atoms with Crippen LogP contribution < -0.4 is 10.1 Å². The summed E-state index contributed by atoms with van der Waals surface area (Å²) >= 11 is 0. The first kappa shape index (κ1) is 19.5. The molecule has 0 aliphatic rings. The maximum Gasteiger partial charge on any atom is 0.416 e. The molecule has 5 nitrogen and oxygen atoms in total. The van der Waals surface area contributed by atoms with Crippen molar-refractivity contribution in [3.63, 3.8) is 0 Å². The molecule has 0 spiro atoms. The second-order valence-corrected chi connectivity index (χ2v) is 6.12. The van der Waals surface area contributed by atoms with Crippen molar-refractivity contribution in [2.45, 2.75) is 25.7 Å². The number of hydrogen-bond acceptors (Lipinski definition) is 3. The van der Waals surface area contributed by atoms with Crippen LogP contribution in [0.3, 0.4) is 0 Å². The highest BCUT2D eigenvalue weighted by Gasteiger charge is 2.30. The van der Waals surface area contributed by atoms with Gasteiger partial charge in [-0.1, -0.05) is 12.1 Å². The van der Waals surface area contributed by atoms with Crippen LogP contribution in [0.25, 0.3) is 0 Å². The van der Waals surface area contributed by atoms with Crippen molar-refractivity contribution in [1.29, 1.82) is 0 Å². The molecule has 0 fully saturated rings. The van der Waals surface area contributed by atoms with Crippen LogP contribution in [-0.2, 0) is 17.5 Å². The predicted molar refractivity (Wildman–Crippen MR) is 96.7 cm³/mol. The molecule has 146 valence electrons. The Bertz CT molecular complexity index is 940. The summed E-state index contributed by atoms with van der Waals surface area (Å²) < 4.78 is 45.9. The van der Waals surface area contributed by atoms with E-state index in [1.54, 1.807) is 36.0 Å². The van der Waals surface area contributed by atoms with Crippen molar-refractivity contribution in [1.82, 2.24) is 14.9 Å². The largest absolute Gasteiger partial charge is 0.439 e. The van der Waals surface area contributed by atoms with Gasteiger partial charge in [0.15, 0.2) is 0 Å². The number of amides is 1. The highest BCUT2D eigenvalue weighted by molar-refractivity contribution is 5.79. The molecule has 2 heterocycles. The molecule has 1 N–H and O–H groups in total. The van der Waals surface area contributed by atoms with Gasteiger partial charge in [0, 0.05) is 30.7 Å². The van der Waals surface area contributed by atoms with E-state index in [0.29, 0.717) is 5.56 Å². The standard InChI is InChI=1S/C20H18F3N3O2/c1-14(26-10-2-3-11-26)18(27)25-13-15-6-5-9-24-19(15)28-17-8-4-7-16(12-17)20(21,22)23/h2-12,14H,13H2,1H3,(H,25,27)/t14-/m1/s1. The second kappa shape index (κ2) is 8.16. The van der Waals surface area contributed by atoms with E-state index in [4.69, 9.17) is 4.74 Å². The minimum Gasteiger partial charge on any atom is -0.439 e. The van der Waals surface area contributed by atoms with Crippen molar-refractivity contribution >= 4 is 5.91 Å². The van der Waals surface area contributed by atoms with Crippen molar-refractivity contribution in [2.24, 2.45) is 0 Å². The number of rotatable bonds is 6. The summed E-state index contributed by atoms with van der Waals surface area (Å²) in [5.41, 5.74) is -0.260. The number of benzene rings is 1. The fraction of sp³-hybridized carbons (Fsp3) is 0.200. The fourth-order valence-electron chi connectivity index (χ4n) is 2.57. The van der Waals surface area contributed by atoms with Crippen LogP contribution in [0.5, 0.6) is 11.6 Å². The van der Waals surface area contributed by atoms with Gasteiger partial charge in [-0.2, -0.15) is 13.2 Å². The zero-order valence-electron chi connectivity index (χ0n) is 15.0. The molecule has 0 bridgehead atoms. The van der Waals surface area contributed by atoms with Crippen LogP contribution in [0.2, 0.25) is 0 Å². The summed E-state index contributed by atoms with van der Waals surface area (Å²) in [7, 11) is 0. The van der Waals surface area contributed by atoms with Crippen molar-refractivity contribution in [3.8, 4) is 11.6 Å². The fourth-order valence-corrected chi connectivity index (χ4v) is 2.57. The number of alkyl halides is 3. The number of aromatic nitrogens is 2. The van der Waals surface area contributed by atoms with Crippen LogP contribution in [0.4, 0.5) is 13.2 Å². The number of pyridine rings is 1. The summed E-state index contributed by atoms with van der Waals surface area (Å²) in [6.45, 7) is 1.89. The summed E-state index contributed by atoms with van der Waals surface area (Å²) in [4.78, 5) is 16.4. The maximum absolute atomic E-state index is 12.9. The smallest absolute Gasteiger partial charge is 0.416 e. The van der Waals surface area contributed by atoms with Gasteiger partial charge in [-0.05, 0) is 43.3 Å². The highest BCUT2D eigenvalue weighted by Crippen LogP contribution is 2.32. The molecule has 1 atom stereocenters. The van der Waals surface area contributed by atoms with Gasteiger partial charge in [0.1, 0.15) is 11.8 Å². The lowest BCUT2D eigenvalue weighted by Gasteiger charge is -2.15. The minimum atomic E-state index is -4.46. The molecule has 28 heavy (non-hydrogen) atoms. The Kier molecular flexibility index (Phi) is 5.67. The predicted octanol–water partition coefficient (Wildman–Crippen LogP) is 4.57. The number of carbonyl (C=O) groups is 1. The maximum atomic E-state index is 12.9. The highest BCUT2D eigenvalue weighted by atomic mass is 19.4. The monoisotopic (exact) mass is 389 g/mol. The molecule has 8 heteroatoms. The average Bonchev–Trinajstić information content (AvgIpc) is 3.21. The van der Waals surface area contributed by atoms with Crippen LogP contribution in [0.15, 0.2) is 67.1 Å². The summed E-state index contributed by atoms with van der Waals surface area (Å²) in [6.07, 6.45) is 0.582. The second-order valence-electron chi connectivity index (χ2n) is 6.12. The lowest BCUT2D eigenvalue weighted by Crippen LogP contribution is -2.30. The molecule has 3 aromatic rings. The number of ether oxygens (including phenoxy) is 1. The number of hydrogen-bond donors (Lipinski definition) is 1. The molecule has 3 rings (SSSR count). The zero-order valence-corrected chi connectivity index (χ0v) is 15.0. The number of nitrogens with one attached hydrogen (secondary N) is 1. The van der Waals surface area contributed by atoms with Crippen LogP contribution in [0, 0.1) is 0 Å². The first-order chi connectivity index (χ1) is 13.3. The van der Waals surface area contributed by atoms with Crippen molar-refractivity contribution < 1.29 is 22.7 Å². The molecular formula is C20H18F3N3O2. The number of nitrogens with zero attached hydrogens (tertiary/aromatic N) is 2. The molecule has 0 saturated heterocycles. The van der Waals surface area contributed by atoms with E-state index in [-0.39, 0.29) is 24.1 Å². The Morgan fingerprint density at radius 3 is 2.64 bits per heavy atom. The SMILES string of the molecule is C[C@H](C(=O)NCc1cccnc1Oc1cccc(C(F)(F)F)c1)n1cccc1. The van der Waals surface area contributed by atoms with E-state index < -0.39 is 17.8 Å². The van der Waals surface area contributed by atoms with Gasteiger partial charge in [0.05, 0.1) is 5.56 Å². The van der Waals surface area contributed by atoms with Gasteiger partial charge in [-0.15, -0.1) is 0 Å². The van der Waals surface area contributed by atoms with E-state index in [0.717, 1.165) is 12.1 Å². The minimum absolute atomic E-state index is 0.0156. The third kappa shape index (κ3) is 4.70. The molecule has 2 aromatic heterocycles. The normalized spacial score (nSPS) is 12.4. The first-order valence-electron chi connectivity index (χ1n) is 8.54. The zero-order chi connectivity index (χ0) is 20.1. The first-order valence-corrected chi connectivity index (χ1v) is 8.54. The summed E-state index contributed by atoms with van der Waals surface area (Å²) in [5.74, 6) is -0.0531. The van der Waals surface area contributed by atoms with Gasteiger partial charge in [-0.25, -0.2) is 4.98 Å². The van der Waals surface area contributed by atoms with Gasteiger partial charge in [0.25, 0.3) is 0 Å². The van der Waals surface area contributed by atoms with Gasteiger partial charge in [0.2, 0.25) is 11.8 Å². The lowest BCUT2D eigenvalue weighted by molar-refractivity contribution is -0.137. The summed E-state index contributed by atoms with van der Waals surface area (Å²) in [5, 5.41) is 2.79. The molecule has 0 aliphatic carbocycles. The van der Waals surface area contributed by atoms with E-state index in [1.165, 1.54) is 18.3 Å². The van der Waals surface area contributed by atoms with Crippen LogP contribution in [0.1, 0.15) is 24.1 Å². The Hall–Kier alpha value is -3.29. The number of carbonyl (C=O) groups excluding carboxylic acids is 1. The van der Waals surface area contributed by atoms with Crippen molar-refractivity contribution in [2.75, 3.05) is 0 Å². The third-order valence-electron chi connectivity index (χ3n) is 4.13. The Morgan fingerprint density at radius 2 is 1.93 bits per heavy atom. The van der Waals surface area contributed by atoms with Gasteiger partial charge >= 0.3 is 6.18 Å². The van der Waals surface area contributed by atoms with E-state index in [9.17, 15) is 18.0 Å². The topological polar surface area (TPSA) is 56.1 Å². The van der Waals surface area contributed by atoms with E-state index >= 15 is 0 Å². The average molecular weight is 389 g/mol. The molecule has 1 amide bonds. The van der Waals surface area contributed by atoms with Gasteiger partial charge < -0.3 is 14.6 Å². The Labute approximate surface area is 159 Å². The van der Waals surface area contributed by atoms with Crippen LogP contribution >= 0.6 is 0 Å². The van der Waals surface area contributed by atoms with E-state index in [2.05, 4.69) is 10.3 Å². The lowest BCUT2D eigenvalue weighted by atomic mass is 10.2. The quantitative estimate of drug-likeness (QED) is 0.672. The molecule has 0 aliphatic heterocycles. The molecule has 1 aromatic carbocycles. The van der Waals surface area contributed by atoms with Crippen LogP contribution in [-0.4, -0.2) is 15.5 Å². The number of halogens is 3. The molecular weight excluding hydrogens is 371 g/mol. The van der Waals surface area contributed by atoms with E-state index in [1.807, 2.05) is 12.1 Å². The van der Waals surface area contributed by atoms with Crippen molar-refractivity contribution in [3.05, 3.63) is 78.2 Å².